The highest BCUT2D eigenvalue weighted by atomic mass is 16.2. The maximum absolute atomic E-state index is 12.9. The Balaban J connectivity index is 2.27. The van der Waals surface area contributed by atoms with Crippen molar-refractivity contribution >= 4 is 11.8 Å². The van der Waals surface area contributed by atoms with E-state index in [4.69, 9.17) is 0 Å². The summed E-state index contributed by atoms with van der Waals surface area (Å²) in [6.45, 7) is 5.82. The molecular formula is C15H26N2O2. The van der Waals surface area contributed by atoms with E-state index < -0.39 is 5.54 Å². The minimum atomic E-state index is -0.666. The molecule has 0 radical (unpaired) electrons. The highest BCUT2D eigenvalue weighted by molar-refractivity contribution is 5.99. The number of carbonyl (C=O) groups excluding carboxylic acids is 2. The first kappa shape index (κ1) is 14.4. The molecule has 1 saturated carbocycles. The zero-order chi connectivity index (χ0) is 14.0. The molecule has 108 valence electrons. The number of nitrogens with one attached hydrogen (secondary N) is 1. The summed E-state index contributed by atoms with van der Waals surface area (Å²) in [7, 11) is 0. The third kappa shape index (κ3) is 2.37. The lowest BCUT2D eigenvalue weighted by Crippen LogP contribution is -2.71. The fraction of sp³-hybridized carbons (Fsp3) is 0.867. The van der Waals surface area contributed by atoms with Gasteiger partial charge >= 0.3 is 0 Å². The second kappa shape index (κ2) is 5.51. The van der Waals surface area contributed by atoms with Crippen LogP contribution in [0, 0.1) is 0 Å². The fourth-order valence-electron chi connectivity index (χ4n) is 3.51. The minimum Gasteiger partial charge on any atom is -0.340 e. The number of rotatable bonds is 3. The van der Waals surface area contributed by atoms with Crippen molar-refractivity contribution in [2.75, 3.05) is 0 Å². The zero-order valence-corrected chi connectivity index (χ0v) is 12.4. The molecule has 2 aliphatic rings. The number of nitrogens with zero attached hydrogens (tertiary/aromatic N) is 1. The van der Waals surface area contributed by atoms with E-state index in [0.29, 0.717) is 12.8 Å². The van der Waals surface area contributed by atoms with E-state index in [2.05, 4.69) is 5.32 Å². The number of hydrogen-bond acceptors (Lipinski definition) is 2. The Morgan fingerprint density at radius 3 is 2.26 bits per heavy atom. The molecule has 19 heavy (non-hydrogen) atoms. The lowest BCUT2D eigenvalue weighted by atomic mass is 9.84. The molecule has 1 aliphatic heterocycles. The van der Waals surface area contributed by atoms with Crippen LogP contribution < -0.4 is 5.32 Å². The number of hydrogen-bond donors (Lipinski definition) is 1. The summed E-state index contributed by atoms with van der Waals surface area (Å²) in [5, 5.41) is 2.97. The molecule has 4 nitrogen and oxygen atoms in total. The molecule has 0 aromatic heterocycles. The third-order valence-electron chi connectivity index (χ3n) is 4.98. The van der Waals surface area contributed by atoms with Gasteiger partial charge in [0.15, 0.2) is 0 Å². The van der Waals surface area contributed by atoms with Gasteiger partial charge in [0.05, 0.1) is 0 Å². The number of amides is 2. The smallest absolute Gasteiger partial charge is 0.249 e. The normalized spacial score (nSPS) is 28.4. The number of carbonyl (C=O) groups is 2. The van der Waals surface area contributed by atoms with Crippen molar-refractivity contribution in [3.05, 3.63) is 0 Å². The molecule has 1 aliphatic carbocycles. The molecule has 0 spiro atoms. The average Bonchev–Trinajstić information content (AvgIpc) is 2.44. The van der Waals surface area contributed by atoms with Crippen molar-refractivity contribution in [3.8, 4) is 0 Å². The van der Waals surface area contributed by atoms with Crippen LogP contribution in [0.4, 0.5) is 0 Å². The van der Waals surface area contributed by atoms with E-state index in [1.165, 1.54) is 19.3 Å². The first-order valence-corrected chi connectivity index (χ1v) is 7.70. The molecule has 1 atom stereocenters. The maximum atomic E-state index is 12.9. The molecule has 1 saturated heterocycles. The average molecular weight is 266 g/mol. The van der Waals surface area contributed by atoms with E-state index in [1.807, 2.05) is 25.7 Å². The molecule has 0 aromatic rings. The Morgan fingerprint density at radius 1 is 1.16 bits per heavy atom. The largest absolute Gasteiger partial charge is 0.340 e. The first-order chi connectivity index (χ1) is 9.05. The van der Waals surface area contributed by atoms with Gasteiger partial charge < -0.3 is 10.2 Å². The van der Waals surface area contributed by atoms with Crippen molar-refractivity contribution < 1.29 is 9.59 Å². The van der Waals surface area contributed by atoms with Gasteiger partial charge in [-0.15, -0.1) is 0 Å². The molecule has 2 rings (SSSR count). The van der Waals surface area contributed by atoms with Crippen LogP contribution in [0.2, 0.25) is 0 Å². The van der Waals surface area contributed by atoms with Crippen molar-refractivity contribution in [1.29, 1.82) is 0 Å². The van der Waals surface area contributed by atoms with Crippen LogP contribution >= 0.6 is 0 Å². The van der Waals surface area contributed by atoms with Gasteiger partial charge in [-0.1, -0.05) is 33.1 Å². The van der Waals surface area contributed by atoms with E-state index in [-0.39, 0.29) is 23.9 Å². The van der Waals surface area contributed by atoms with Crippen LogP contribution in [0.25, 0.3) is 0 Å². The van der Waals surface area contributed by atoms with Crippen LogP contribution in [-0.2, 0) is 9.59 Å². The summed E-state index contributed by atoms with van der Waals surface area (Å²) in [4.78, 5) is 27.0. The summed E-state index contributed by atoms with van der Waals surface area (Å²) in [5.41, 5.74) is -0.666. The lowest BCUT2D eigenvalue weighted by molar-refractivity contribution is -0.158. The van der Waals surface area contributed by atoms with Gasteiger partial charge in [-0.25, -0.2) is 0 Å². The summed E-state index contributed by atoms with van der Waals surface area (Å²) < 4.78 is 0. The SMILES string of the molecule is CCC1(CC)NC(=O)C(C)N(C2CCCCC2)C1=O. The second-order valence-corrected chi connectivity index (χ2v) is 5.96. The van der Waals surface area contributed by atoms with Gasteiger partial charge in [0.25, 0.3) is 0 Å². The van der Waals surface area contributed by atoms with E-state index in [0.717, 1.165) is 12.8 Å². The van der Waals surface area contributed by atoms with E-state index in [9.17, 15) is 9.59 Å². The summed E-state index contributed by atoms with van der Waals surface area (Å²) in [5.74, 6) is 0.144. The van der Waals surface area contributed by atoms with Gasteiger partial charge in [-0.3, -0.25) is 9.59 Å². The van der Waals surface area contributed by atoms with Crippen molar-refractivity contribution in [2.24, 2.45) is 0 Å². The Bertz CT molecular complexity index is 357. The molecule has 0 aromatic carbocycles. The molecule has 2 fully saturated rings. The Hall–Kier alpha value is -1.06. The monoisotopic (exact) mass is 266 g/mol. The maximum Gasteiger partial charge on any atom is 0.249 e. The molecule has 4 heteroatoms. The third-order valence-corrected chi connectivity index (χ3v) is 4.98. The first-order valence-electron chi connectivity index (χ1n) is 7.70. The molecule has 2 amide bonds. The van der Waals surface area contributed by atoms with Gasteiger partial charge in [0.1, 0.15) is 11.6 Å². The summed E-state index contributed by atoms with van der Waals surface area (Å²) >= 11 is 0. The van der Waals surface area contributed by atoms with Gasteiger partial charge in [-0.2, -0.15) is 0 Å². The van der Waals surface area contributed by atoms with Gasteiger partial charge in [-0.05, 0) is 32.6 Å². The lowest BCUT2D eigenvalue weighted by Gasteiger charge is -2.48. The van der Waals surface area contributed by atoms with E-state index >= 15 is 0 Å². The van der Waals surface area contributed by atoms with Crippen LogP contribution in [-0.4, -0.2) is 34.3 Å². The second-order valence-electron chi connectivity index (χ2n) is 5.96. The zero-order valence-electron chi connectivity index (χ0n) is 12.4. The summed E-state index contributed by atoms with van der Waals surface area (Å²) in [6.07, 6.45) is 7.04. The molecule has 1 heterocycles. The fourth-order valence-corrected chi connectivity index (χ4v) is 3.51. The van der Waals surface area contributed by atoms with Crippen LogP contribution in [0.3, 0.4) is 0 Å². The standard InChI is InChI=1S/C15H26N2O2/c1-4-15(5-2)14(19)17(11(3)13(18)16-15)12-9-7-6-8-10-12/h11-12H,4-10H2,1-3H3,(H,16,18). The van der Waals surface area contributed by atoms with Crippen LogP contribution in [0.5, 0.6) is 0 Å². The van der Waals surface area contributed by atoms with Crippen LogP contribution in [0.1, 0.15) is 65.7 Å². The minimum absolute atomic E-state index is 0.00822. The Kier molecular flexibility index (Phi) is 4.16. The van der Waals surface area contributed by atoms with Crippen molar-refractivity contribution in [2.45, 2.75) is 83.3 Å². The number of piperazine rings is 1. The predicted molar refractivity (Wildman–Crippen MR) is 74.6 cm³/mol. The molecule has 1 N–H and O–H groups in total. The predicted octanol–water partition coefficient (Wildman–Crippen LogP) is 2.22. The Morgan fingerprint density at radius 2 is 1.74 bits per heavy atom. The quantitative estimate of drug-likeness (QED) is 0.851. The highest BCUT2D eigenvalue weighted by Crippen LogP contribution is 2.31. The van der Waals surface area contributed by atoms with Gasteiger partial charge in [0.2, 0.25) is 11.8 Å². The summed E-state index contributed by atoms with van der Waals surface area (Å²) in [6, 6.07) is -0.0541. The molecular weight excluding hydrogens is 240 g/mol. The molecule has 0 bridgehead atoms. The highest BCUT2D eigenvalue weighted by Gasteiger charge is 2.49. The Labute approximate surface area is 115 Å². The van der Waals surface area contributed by atoms with Gasteiger partial charge in [0, 0.05) is 6.04 Å². The molecule has 1 unspecified atom stereocenters. The van der Waals surface area contributed by atoms with Crippen LogP contribution in [0.15, 0.2) is 0 Å². The topological polar surface area (TPSA) is 49.4 Å². The van der Waals surface area contributed by atoms with Crippen molar-refractivity contribution in [1.82, 2.24) is 10.2 Å². The van der Waals surface area contributed by atoms with E-state index in [1.54, 1.807) is 0 Å². The van der Waals surface area contributed by atoms with Crippen molar-refractivity contribution in [3.63, 3.8) is 0 Å².